The molecule has 0 amide bonds. The molecule has 0 aromatic carbocycles. The Balaban J connectivity index is 2.47. The zero-order chi connectivity index (χ0) is 16.9. The molecule has 1 aliphatic rings. The minimum Gasteiger partial charge on any atom is -0.378 e. The molecule has 0 saturated carbocycles. The summed E-state index contributed by atoms with van der Waals surface area (Å²) in [6.07, 6.45) is 15.8. The second-order valence-corrected chi connectivity index (χ2v) is 7.35. The molecule has 23 heavy (non-hydrogen) atoms. The predicted molar refractivity (Wildman–Crippen MR) is 98.0 cm³/mol. The zero-order valence-electron chi connectivity index (χ0n) is 15.9. The quantitative estimate of drug-likeness (QED) is 0.425. The summed E-state index contributed by atoms with van der Waals surface area (Å²) in [5.41, 5.74) is 0. The molecule has 1 aliphatic heterocycles. The molecule has 1 rings (SSSR count). The van der Waals surface area contributed by atoms with Crippen molar-refractivity contribution in [1.82, 2.24) is 5.06 Å². The summed E-state index contributed by atoms with van der Waals surface area (Å²) in [4.78, 5) is 0. The number of nitrogens with zero attached hydrogens (tertiary/aromatic N) is 1. The van der Waals surface area contributed by atoms with Crippen LogP contribution in [-0.4, -0.2) is 35.1 Å². The van der Waals surface area contributed by atoms with E-state index >= 15 is 0 Å². The minimum atomic E-state index is 0.304. The van der Waals surface area contributed by atoms with Crippen molar-refractivity contribution in [3.63, 3.8) is 0 Å². The largest absolute Gasteiger partial charge is 0.378 e. The second kappa shape index (κ2) is 13.2. The van der Waals surface area contributed by atoms with E-state index in [1.165, 1.54) is 57.8 Å². The first kappa shape index (κ1) is 20.9. The summed E-state index contributed by atoms with van der Waals surface area (Å²) in [5.74, 6) is 0. The van der Waals surface area contributed by atoms with Crippen molar-refractivity contribution in [2.75, 3.05) is 6.61 Å². The van der Waals surface area contributed by atoms with Crippen LogP contribution in [0.15, 0.2) is 0 Å². The maximum absolute atomic E-state index is 10.6. The van der Waals surface area contributed by atoms with Gasteiger partial charge < -0.3 is 9.94 Å². The molecule has 2 atom stereocenters. The van der Waals surface area contributed by atoms with Crippen molar-refractivity contribution in [2.45, 2.75) is 122 Å². The molecular formula is C20H41NO2. The van der Waals surface area contributed by atoms with Crippen LogP contribution in [0, 0.1) is 0 Å². The summed E-state index contributed by atoms with van der Waals surface area (Å²) < 4.78 is 6.17. The Hall–Kier alpha value is -0.120. The average Bonchev–Trinajstić information content (AvgIpc) is 2.55. The lowest BCUT2D eigenvalue weighted by Crippen LogP contribution is -2.49. The Kier molecular flexibility index (Phi) is 12.0. The van der Waals surface area contributed by atoms with Crippen molar-refractivity contribution in [3.8, 4) is 0 Å². The van der Waals surface area contributed by atoms with E-state index in [-0.39, 0.29) is 0 Å². The fourth-order valence-corrected chi connectivity index (χ4v) is 3.72. The van der Waals surface area contributed by atoms with Gasteiger partial charge in [-0.2, -0.15) is 5.06 Å². The van der Waals surface area contributed by atoms with E-state index in [1.54, 1.807) is 5.06 Å². The van der Waals surface area contributed by atoms with Crippen LogP contribution < -0.4 is 0 Å². The summed E-state index contributed by atoms with van der Waals surface area (Å²) in [6, 6.07) is 0.608. The van der Waals surface area contributed by atoms with E-state index in [1.807, 2.05) is 0 Å². The summed E-state index contributed by atoms with van der Waals surface area (Å²) in [6.45, 7) is 7.61. The normalized spacial score (nSPS) is 25.8. The number of hydroxylamine groups is 2. The van der Waals surface area contributed by atoms with Crippen LogP contribution in [-0.2, 0) is 4.74 Å². The van der Waals surface area contributed by atoms with E-state index in [2.05, 4.69) is 20.8 Å². The van der Waals surface area contributed by atoms with Gasteiger partial charge in [0.15, 0.2) is 0 Å². The highest BCUT2D eigenvalue weighted by atomic mass is 16.5. The summed E-state index contributed by atoms with van der Waals surface area (Å²) in [5, 5.41) is 12.3. The lowest BCUT2D eigenvalue weighted by molar-refractivity contribution is -0.203. The van der Waals surface area contributed by atoms with Crippen LogP contribution in [0.2, 0.25) is 0 Å². The highest BCUT2D eigenvalue weighted by Gasteiger charge is 2.34. The monoisotopic (exact) mass is 327 g/mol. The number of unbranched alkanes of at least 4 members (excludes halogenated alkanes) is 6. The van der Waals surface area contributed by atoms with E-state index in [0.717, 1.165) is 32.3 Å². The molecule has 0 aromatic rings. The summed E-state index contributed by atoms with van der Waals surface area (Å²) >= 11 is 0. The molecule has 1 heterocycles. The molecule has 0 aliphatic carbocycles. The van der Waals surface area contributed by atoms with Gasteiger partial charge in [0.1, 0.15) is 0 Å². The van der Waals surface area contributed by atoms with Crippen molar-refractivity contribution in [3.05, 3.63) is 0 Å². The Morgan fingerprint density at radius 3 is 1.74 bits per heavy atom. The number of rotatable bonds is 13. The Morgan fingerprint density at radius 2 is 1.26 bits per heavy atom. The fourth-order valence-electron chi connectivity index (χ4n) is 3.72. The third-order valence-corrected chi connectivity index (χ3v) is 5.20. The van der Waals surface area contributed by atoms with Gasteiger partial charge in [-0.3, -0.25) is 0 Å². The van der Waals surface area contributed by atoms with Crippen LogP contribution in [0.5, 0.6) is 0 Å². The minimum absolute atomic E-state index is 0.304. The van der Waals surface area contributed by atoms with Crippen LogP contribution in [0.1, 0.15) is 104 Å². The molecular weight excluding hydrogens is 286 g/mol. The van der Waals surface area contributed by atoms with Gasteiger partial charge >= 0.3 is 0 Å². The molecule has 3 heteroatoms. The molecule has 3 nitrogen and oxygen atoms in total. The first-order chi connectivity index (χ1) is 11.2. The van der Waals surface area contributed by atoms with Gasteiger partial charge in [-0.15, -0.1) is 0 Å². The fraction of sp³-hybridized carbons (Fsp3) is 1.00. The van der Waals surface area contributed by atoms with Crippen LogP contribution in [0.4, 0.5) is 0 Å². The SMILES string of the molecule is CCCCCOC1CC(CCCCC)N(O)C(CCCCC)C1. The van der Waals surface area contributed by atoms with E-state index < -0.39 is 0 Å². The van der Waals surface area contributed by atoms with Gasteiger partial charge in [-0.1, -0.05) is 72.1 Å². The van der Waals surface area contributed by atoms with Crippen LogP contribution in [0.25, 0.3) is 0 Å². The highest BCUT2D eigenvalue weighted by molar-refractivity contribution is 4.85. The van der Waals surface area contributed by atoms with Gasteiger partial charge in [0, 0.05) is 18.7 Å². The van der Waals surface area contributed by atoms with Crippen LogP contribution >= 0.6 is 0 Å². The topological polar surface area (TPSA) is 32.7 Å². The van der Waals surface area contributed by atoms with Crippen molar-refractivity contribution in [2.24, 2.45) is 0 Å². The van der Waals surface area contributed by atoms with Crippen LogP contribution in [0.3, 0.4) is 0 Å². The second-order valence-electron chi connectivity index (χ2n) is 7.35. The number of ether oxygens (including phenoxy) is 1. The first-order valence-corrected chi connectivity index (χ1v) is 10.3. The molecule has 138 valence electrons. The standard InChI is InChI=1S/C20H41NO2/c1-4-7-10-13-18-16-20(23-15-12-9-6-3)17-19(21(18)22)14-11-8-5-2/h18-20,22H,4-17H2,1-3H3. The Morgan fingerprint density at radius 1 is 0.783 bits per heavy atom. The van der Waals surface area contributed by atoms with Gasteiger partial charge in [-0.25, -0.2) is 0 Å². The lowest BCUT2D eigenvalue weighted by Gasteiger charge is -2.41. The Bertz CT molecular complexity index is 252. The number of hydrogen-bond donors (Lipinski definition) is 1. The van der Waals surface area contributed by atoms with E-state index in [0.29, 0.717) is 18.2 Å². The van der Waals surface area contributed by atoms with Crippen molar-refractivity contribution in [1.29, 1.82) is 0 Å². The Labute approximate surface area is 144 Å². The first-order valence-electron chi connectivity index (χ1n) is 10.3. The molecule has 1 saturated heterocycles. The highest BCUT2D eigenvalue weighted by Crippen LogP contribution is 2.30. The number of piperidine rings is 1. The molecule has 1 N–H and O–H groups in total. The summed E-state index contributed by atoms with van der Waals surface area (Å²) in [7, 11) is 0. The number of hydrogen-bond acceptors (Lipinski definition) is 3. The molecule has 0 aromatic heterocycles. The smallest absolute Gasteiger partial charge is 0.0606 e. The van der Waals surface area contributed by atoms with E-state index in [4.69, 9.17) is 4.74 Å². The molecule has 0 bridgehead atoms. The van der Waals surface area contributed by atoms with E-state index in [9.17, 15) is 5.21 Å². The maximum atomic E-state index is 10.6. The molecule has 0 spiro atoms. The maximum Gasteiger partial charge on any atom is 0.0606 e. The van der Waals surface area contributed by atoms with Gasteiger partial charge in [0.05, 0.1) is 6.10 Å². The van der Waals surface area contributed by atoms with Gasteiger partial charge in [0.2, 0.25) is 0 Å². The lowest BCUT2D eigenvalue weighted by atomic mass is 9.89. The third-order valence-electron chi connectivity index (χ3n) is 5.20. The third kappa shape index (κ3) is 8.51. The zero-order valence-corrected chi connectivity index (χ0v) is 15.9. The van der Waals surface area contributed by atoms with Gasteiger partial charge in [0.25, 0.3) is 0 Å². The average molecular weight is 328 g/mol. The van der Waals surface area contributed by atoms with Crippen molar-refractivity contribution < 1.29 is 9.94 Å². The molecule has 2 unspecified atom stereocenters. The van der Waals surface area contributed by atoms with Crippen molar-refractivity contribution >= 4 is 0 Å². The predicted octanol–water partition coefficient (Wildman–Crippen LogP) is 5.94. The molecule has 0 radical (unpaired) electrons. The molecule has 1 fully saturated rings. The van der Waals surface area contributed by atoms with Gasteiger partial charge in [-0.05, 0) is 32.1 Å².